The number of nitrogens with zero attached hydrogens (tertiary/aromatic N) is 2. The van der Waals surface area contributed by atoms with E-state index in [2.05, 4.69) is 10.1 Å². The van der Waals surface area contributed by atoms with E-state index < -0.39 is 12.1 Å². The van der Waals surface area contributed by atoms with E-state index in [-0.39, 0.29) is 18.8 Å². The van der Waals surface area contributed by atoms with Crippen LogP contribution >= 0.6 is 11.3 Å². The normalized spacial score (nSPS) is 23.9. The molecule has 0 saturated heterocycles. The van der Waals surface area contributed by atoms with Crippen LogP contribution in [0.2, 0.25) is 0 Å². The van der Waals surface area contributed by atoms with Gasteiger partial charge >= 0.3 is 6.18 Å². The molecule has 2 aromatic heterocycles. The highest BCUT2D eigenvalue weighted by Gasteiger charge is 2.43. The highest BCUT2D eigenvalue weighted by molar-refractivity contribution is 7.13. The second kappa shape index (κ2) is 5.20. The van der Waals surface area contributed by atoms with Gasteiger partial charge in [-0.05, 0) is 30.7 Å². The molecule has 0 bridgehead atoms. The molecular formula is C13H13F3N2OS. The summed E-state index contributed by atoms with van der Waals surface area (Å²) in [6, 6.07) is 3.73. The number of hydrogen-bond donors (Lipinski definition) is 0. The van der Waals surface area contributed by atoms with Crippen LogP contribution in [0.3, 0.4) is 0 Å². The van der Waals surface area contributed by atoms with Crippen LogP contribution in [0.4, 0.5) is 13.2 Å². The van der Waals surface area contributed by atoms with Crippen molar-refractivity contribution in [3.8, 4) is 10.7 Å². The zero-order valence-corrected chi connectivity index (χ0v) is 11.4. The number of hydrogen-bond acceptors (Lipinski definition) is 4. The van der Waals surface area contributed by atoms with Gasteiger partial charge in [-0.1, -0.05) is 17.6 Å². The molecule has 1 aliphatic carbocycles. The van der Waals surface area contributed by atoms with Crippen molar-refractivity contribution in [3.63, 3.8) is 0 Å². The zero-order valence-electron chi connectivity index (χ0n) is 10.6. The molecule has 0 aliphatic heterocycles. The standard InChI is InChI=1S/C13H13F3N2OS/c14-13(15,16)9-4-1-3-8(7-9)12-17-11(18-19-12)10-5-2-6-20-10/h2,5-6,8-9H,1,3-4,7H2/t8-,9+/m0/s1. The molecule has 1 saturated carbocycles. The lowest BCUT2D eigenvalue weighted by molar-refractivity contribution is -0.183. The molecule has 0 aromatic carbocycles. The fraction of sp³-hybridized carbons (Fsp3) is 0.538. The van der Waals surface area contributed by atoms with E-state index in [1.807, 2.05) is 17.5 Å². The number of rotatable bonds is 2. The van der Waals surface area contributed by atoms with Crippen molar-refractivity contribution < 1.29 is 17.7 Å². The lowest BCUT2D eigenvalue weighted by Crippen LogP contribution is -2.28. The van der Waals surface area contributed by atoms with Crippen molar-refractivity contribution in [1.29, 1.82) is 0 Å². The quantitative estimate of drug-likeness (QED) is 0.811. The maximum atomic E-state index is 12.8. The van der Waals surface area contributed by atoms with E-state index in [1.165, 1.54) is 11.3 Å². The van der Waals surface area contributed by atoms with Gasteiger partial charge in [-0.25, -0.2) is 0 Å². The third-order valence-electron chi connectivity index (χ3n) is 3.67. The lowest BCUT2D eigenvalue weighted by atomic mass is 9.81. The Morgan fingerprint density at radius 3 is 2.85 bits per heavy atom. The maximum Gasteiger partial charge on any atom is 0.391 e. The van der Waals surface area contributed by atoms with Gasteiger partial charge in [0.2, 0.25) is 11.7 Å². The molecule has 0 radical (unpaired) electrons. The first-order valence-electron chi connectivity index (χ1n) is 6.48. The number of aromatic nitrogens is 2. The maximum absolute atomic E-state index is 12.8. The van der Waals surface area contributed by atoms with Crippen LogP contribution in [0.5, 0.6) is 0 Å². The summed E-state index contributed by atoms with van der Waals surface area (Å²) in [4.78, 5) is 5.12. The molecular weight excluding hydrogens is 289 g/mol. The number of thiophene rings is 1. The Bertz CT molecular complexity index is 564. The molecule has 0 N–H and O–H groups in total. The van der Waals surface area contributed by atoms with Crippen LogP contribution in [-0.2, 0) is 0 Å². The Labute approximate surface area is 117 Å². The van der Waals surface area contributed by atoms with Gasteiger partial charge in [-0.2, -0.15) is 18.2 Å². The van der Waals surface area contributed by atoms with Crippen LogP contribution in [0.25, 0.3) is 10.7 Å². The third-order valence-corrected chi connectivity index (χ3v) is 4.54. The van der Waals surface area contributed by atoms with Gasteiger partial charge in [0.05, 0.1) is 10.8 Å². The molecule has 20 heavy (non-hydrogen) atoms. The average Bonchev–Trinajstić information content (AvgIpc) is 3.09. The molecule has 0 unspecified atom stereocenters. The minimum atomic E-state index is -4.13. The highest BCUT2D eigenvalue weighted by atomic mass is 32.1. The van der Waals surface area contributed by atoms with E-state index in [0.29, 0.717) is 24.6 Å². The Morgan fingerprint density at radius 2 is 2.15 bits per heavy atom. The Morgan fingerprint density at radius 1 is 1.30 bits per heavy atom. The summed E-state index contributed by atoms with van der Waals surface area (Å²) < 4.78 is 43.5. The first-order valence-corrected chi connectivity index (χ1v) is 7.36. The number of alkyl halides is 3. The smallest absolute Gasteiger partial charge is 0.339 e. The summed E-state index contributed by atoms with van der Waals surface area (Å²) in [5.74, 6) is -0.735. The monoisotopic (exact) mass is 302 g/mol. The lowest BCUT2D eigenvalue weighted by Gasteiger charge is -2.28. The predicted octanol–water partition coefficient (Wildman–Crippen LogP) is 4.63. The fourth-order valence-corrected chi connectivity index (χ4v) is 3.27. The second-order valence-corrected chi connectivity index (χ2v) is 5.98. The van der Waals surface area contributed by atoms with Gasteiger partial charge in [0.15, 0.2) is 0 Å². The van der Waals surface area contributed by atoms with Gasteiger partial charge in [-0.15, -0.1) is 11.3 Å². The summed E-state index contributed by atoms with van der Waals surface area (Å²) in [5, 5.41) is 5.76. The van der Waals surface area contributed by atoms with Gasteiger partial charge in [0.25, 0.3) is 0 Å². The fourth-order valence-electron chi connectivity index (χ4n) is 2.62. The molecule has 1 fully saturated rings. The molecule has 0 amide bonds. The molecule has 1 aliphatic rings. The third kappa shape index (κ3) is 2.72. The van der Waals surface area contributed by atoms with Gasteiger partial charge in [0.1, 0.15) is 0 Å². The SMILES string of the molecule is FC(F)(F)[C@@H]1CCC[C@H](c2nc(-c3cccs3)no2)C1. The molecule has 3 rings (SSSR count). The molecule has 2 heterocycles. The van der Waals surface area contributed by atoms with Crippen LogP contribution < -0.4 is 0 Å². The zero-order chi connectivity index (χ0) is 14.2. The van der Waals surface area contributed by atoms with E-state index in [0.717, 1.165) is 4.88 Å². The molecule has 3 nitrogen and oxygen atoms in total. The van der Waals surface area contributed by atoms with Crippen LogP contribution in [0.15, 0.2) is 22.0 Å². The van der Waals surface area contributed by atoms with Crippen LogP contribution in [0.1, 0.15) is 37.5 Å². The summed E-state index contributed by atoms with van der Waals surface area (Å²) in [6.45, 7) is 0. The summed E-state index contributed by atoms with van der Waals surface area (Å²) in [5.41, 5.74) is 0. The van der Waals surface area contributed by atoms with E-state index in [1.54, 1.807) is 0 Å². The molecule has 2 atom stereocenters. The highest BCUT2D eigenvalue weighted by Crippen LogP contribution is 2.43. The number of halogens is 3. The van der Waals surface area contributed by atoms with E-state index in [4.69, 9.17) is 4.52 Å². The average molecular weight is 302 g/mol. The van der Waals surface area contributed by atoms with Crippen molar-refractivity contribution in [2.24, 2.45) is 5.92 Å². The second-order valence-electron chi connectivity index (χ2n) is 5.04. The first-order chi connectivity index (χ1) is 9.54. The first kappa shape index (κ1) is 13.6. The van der Waals surface area contributed by atoms with Crippen LogP contribution in [0, 0.1) is 5.92 Å². The van der Waals surface area contributed by atoms with Crippen molar-refractivity contribution in [2.75, 3.05) is 0 Å². The van der Waals surface area contributed by atoms with Crippen molar-refractivity contribution >= 4 is 11.3 Å². The molecule has 2 aromatic rings. The minimum Gasteiger partial charge on any atom is -0.339 e. The topological polar surface area (TPSA) is 38.9 Å². The van der Waals surface area contributed by atoms with Crippen molar-refractivity contribution in [1.82, 2.24) is 10.1 Å². The summed E-state index contributed by atoms with van der Waals surface area (Å²) in [7, 11) is 0. The van der Waals surface area contributed by atoms with Crippen LogP contribution in [-0.4, -0.2) is 16.3 Å². The summed E-state index contributed by atoms with van der Waals surface area (Å²) in [6.07, 6.45) is -2.65. The Balaban J connectivity index is 1.76. The Kier molecular flexibility index (Phi) is 3.54. The van der Waals surface area contributed by atoms with E-state index in [9.17, 15) is 13.2 Å². The van der Waals surface area contributed by atoms with E-state index >= 15 is 0 Å². The Hall–Kier alpha value is -1.37. The minimum absolute atomic E-state index is 0.0512. The van der Waals surface area contributed by atoms with Crippen molar-refractivity contribution in [2.45, 2.75) is 37.8 Å². The largest absolute Gasteiger partial charge is 0.391 e. The van der Waals surface area contributed by atoms with Gasteiger partial charge in [-0.3, -0.25) is 0 Å². The van der Waals surface area contributed by atoms with Crippen molar-refractivity contribution in [3.05, 3.63) is 23.4 Å². The van der Waals surface area contributed by atoms with Gasteiger partial charge in [0, 0.05) is 5.92 Å². The summed E-state index contributed by atoms with van der Waals surface area (Å²) >= 11 is 1.48. The molecule has 7 heteroatoms. The molecule has 108 valence electrons. The predicted molar refractivity (Wildman–Crippen MR) is 68.4 cm³/mol. The van der Waals surface area contributed by atoms with Gasteiger partial charge < -0.3 is 4.52 Å². The molecule has 0 spiro atoms.